The third-order valence-electron chi connectivity index (χ3n) is 4.28. The molecule has 2 unspecified atom stereocenters. The highest BCUT2D eigenvalue weighted by atomic mass is 19.2. The van der Waals surface area contributed by atoms with Gasteiger partial charge in [-0.05, 0) is 18.9 Å². The van der Waals surface area contributed by atoms with E-state index in [1.165, 1.54) is 0 Å². The summed E-state index contributed by atoms with van der Waals surface area (Å²) in [6, 6.07) is 0.322. The normalized spacial score (nSPS) is 25.1. The summed E-state index contributed by atoms with van der Waals surface area (Å²) in [6.07, 6.45) is 2.42. The Morgan fingerprint density at radius 1 is 1.27 bits per heavy atom. The van der Waals surface area contributed by atoms with Gasteiger partial charge in [0.1, 0.15) is 0 Å². The van der Waals surface area contributed by atoms with Gasteiger partial charge < -0.3 is 10.4 Å². The molecule has 1 amide bonds. The number of hydrogen-bond donors (Lipinski definition) is 2. The zero-order valence-corrected chi connectivity index (χ0v) is 12.1. The SMILES string of the molecule is CC1(CNC(=O)c2cc(F)c(F)c(F)c2F)CCCCC1O. The van der Waals surface area contributed by atoms with Gasteiger partial charge in [-0.2, -0.15) is 0 Å². The van der Waals surface area contributed by atoms with Crippen LogP contribution in [0.4, 0.5) is 17.6 Å². The first kappa shape index (κ1) is 16.7. The smallest absolute Gasteiger partial charge is 0.254 e. The lowest BCUT2D eigenvalue weighted by molar-refractivity contribution is 0.00187. The van der Waals surface area contributed by atoms with Crippen LogP contribution in [0, 0.1) is 28.7 Å². The fourth-order valence-electron chi connectivity index (χ4n) is 2.70. The Labute approximate surface area is 125 Å². The Morgan fingerprint density at radius 3 is 2.59 bits per heavy atom. The van der Waals surface area contributed by atoms with Gasteiger partial charge in [0.05, 0.1) is 11.7 Å². The highest BCUT2D eigenvalue weighted by molar-refractivity contribution is 5.94. The van der Waals surface area contributed by atoms with Crippen LogP contribution in [0.2, 0.25) is 0 Å². The van der Waals surface area contributed by atoms with E-state index in [9.17, 15) is 27.5 Å². The Hall–Kier alpha value is -1.63. The number of aliphatic hydroxyl groups is 1. The number of rotatable bonds is 3. The molecule has 7 heteroatoms. The zero-order valence-electron chi connectivity index (χ0n) is 12.1. The van der Waals surface area contributed by atoms with Gasteiger partial charge in [-0.3, -0.25) is 4.79 Å². The number of halogens is 4. The summed E-state index contributed by atoms with van der Waals surface area (Å²) in [5, 5.41) is 12.4. The number of nitrogens with one attached hydrogen (secondary N) is 1. The third-order valence-corrected chi connectivity index (χ3v) is 4.28. The molecule has 1 aromatic rings. The third kappa shape index (κ3) is 3.09. The van der Waals surface area contributed by atoms with Gasteiger partial charge in [0, 0.05) is 12.0 Å². The Kier molecular flexibility index (Phi) is 4.75. The van der Waals surface area contributed by atoms with Gasteiger partial charge in [0.25, 0.3) is 5.91 Å². The van der Waals surface area contributed by atoms with Gasteiger partial charge in [-0.1, -0.05) is 19.8 Å². The van der Waals surface area contributed by atoms with E-state index in [-0.39, 0.29) is 6.54 Å². The average Bonchev–Trinajstić information content (AvgIpc) is 2.49. The van der Waals surface area contributed by atoms with E-state index >= 15 is 0 Å². The Bertz CT molecular complexity index is 593. The van der Waals surface area contributed by atoms with Gasteiger partial charge in [-0.15, -0.1) is 0 Å². The van der Waals surface area contributed by atoms with Crippen molar-refractivity contribution in [2.75, 3.05) is 6.54 Å². The summed E-state index contributed by atoms with van der Waals surface area (Å²) in [5.41, 5.74) is -1.48. The molecule has 0 heterocycles. The summed E-state index contributed by atoms with van der Waals surface area (Å²) in [6.45, 7) is 1.81. The molecule has 1 aliphatic rings. The van der Waals surface area contributed by atoms with Crippen LogP contribution < -0.4 is 5.32 Å². The lowest BCUT2D eigenvalue weighted by Crippen LogP contribution is -2.45. The van der Waals surface area contributed by atoms with Gasteiger partial charge in [0.15, 0.2) is 23.3 Å². The maximum Gasteiger partial charge on any atom is 0.254 e. The number of aliphatic hydroxyl groups excluding tert-OH is 1. The van der Waals surface area contributed by atoms with E-state index in [1.54, 1.807) is 6.92 Å². The molecule has 1 saturated carbocycles. The van der Waals surface area contributed by atoms with E-state index in [1.807, 2.05) is 0 Å². The number of carbonyl (C=O) groups is 1. The first-order valence-electron chi connectivity index (χ1n) is 7.05. The Morgan fingerprint density at radius 2 is 1.95 bits per heavy atom. The second kappa shape index (κ2) is 6.24. The number of benzene rings is 1. The molecular weight excluding hydrogens is 302 g/mol. The van der Waals surface area contributed by atoms with Crippen LogP contribution in [0.1, 0.15) is 43.0 Å². The first-order valence-corrected chi connectivity index (χ1v) is 7.05. The molecule has 3 nitrogen and oxygen atoms in total. The van der Waals surface area contributed by atoms with Crippen molar-refractivity contribution in [3.63, 3.8) is 0 Å². The molecule has 122 valence electrons. The van der Waals surface area contributed by atoms with Crippen LogP contribution in [0.3, 0.4) is 0 Å². The van der Waals surface area contributed by atoms with Crippen molar-refractivity contribution in [2.45, 2.75) is 38.7 Å². The monoisotopic (exact) mass is 319 g/mol. The average molecular weight is 319 g/mol. The van der Waals surface area contributed by atoms with Crippen molar-refractivity contribution >= 4 is 5.91 Å². The molecule has 0 radical (unpaired) electrons. The summed E-state index contributed by atoms with van der Waals surface area (Å²) < 4.78 is 52.7. The molecule has 0 saturated heterocycles. The number of carbonyl (C=O) groups excluding carboxylic acids is 1. The largest absolute Gasteiger partial charge is 0.392 e. The topological polar surface area (TPSA) is 49.3 Å². The minimum Gasteiger partial charge on any atom is -0.392 e. The van der Waals surface area contributed by atoms with E-state index in [0.29, 0.717) is 18.9 Å². The molecule has 0 spiro atoms. The molecule has 2 N–H and O–H groups in total. The fourth-order valence-corrected chi connectivity index (χ4v) is 2.70. The molecular formula is C15H17F4NO2. The van der Waals surface area contributed by atoms with Crippen molar-refractivity contribution in [3.05, 3.63) is 34.9 Å². The van der Waals surface area contributed by atoms with Gasteiger partial charge >= 0.3 is 0 Å². The molecule has 0 aliphatic heterocycles. The molecule has 0 aromatic heterocycles. The van der Waals surface area contributed by atoms with Crippen LogP contribution in [0.5, 0.6) is 0 Å². The predicted molar refractivity (Wildman–Crippen MR) is 71.2 cm³/mol. The van der Waals surface area contributed by atoms with Crippen molar-refractivity contribution in [1.29, 1.82) is 0 Å². The zero-order chi connectivity index (χ0) is 16.5. The van der Waals surface area contributed by atoms with Crippen LogP contribution in [-0.2, 0) is 0 Å². The summed E-state index contributed by atoms with van der Waals surface area (Å²) in [7, 11) is 0. The van der Waals surface area contributed by atoms with Crippen LogP contribution in [0.15, 0.2) is 6.07 Å². The lowest BCUT2D eigenvalue weighted by atomic mass is 9.73. The fraction of sp³-hybridized carbons (Fsp3) is 0.533. The van der Waals surface area contributed by atoms with Gasteiger partial charge in [0.2, 0.25) is 0 Å². The minimum absolute atomic E-state index is 0.0348. The van der Waals surface area contributed by atoms with Crippen molar-refractivity contribution in [2.24, 2.45) is 5.41 Å². The maximum absolute atomic E-state index is 13.5. The first-order chi connectivity index (χ1) is 10.3. The summed E-state index contributed by atoms with van der Waals surface area (Å²) in [5.74, 6) is -8.38. The standard InChI is InChI=1S/C15H17F4NO2/c1-15(5-3-2-4-10(15)21)7-20-14(22)8-6-9(16)12(18)13(19)11(8)17/h6,10,21H,2-5,7H2,1H3,(H,20,22). The van der Waals surface area contributed by atoms with E-state index in [4.69, 9.17) is 0 Å². The molecule has 2 atom stereocenters. The quantitative estimate of drug-likeness (QED) is 0.511. The van der Waals surface area contributed by atoms with Crippen molar-refractivity contribution in [1.82, 2.24) is 5.32 Å². The molecule has 0 bridgehead atoms. The van der Waals surface area contributed by atoms with Crippen molar-refractivity contribution in [3.8, 4) is 0 Å². The van der Waals surface area contributed by atoms with Gasteiger partial charge in [-0.25, -0.2) is 17.6 Å². The predicted octanol–water partition coefficient (Wildman–Crippen LogP) is 2.91. The molecule has 22 heavy (non-hydrogen) atoms. The molecule has 1 aromatic carbocycles. The van der Waals surface area contributed by atoms with Crippen LogP contribution in [-0.4, -0.2) is 23.7 Å². The van der Waals surface area contributed by atoms with Crippen LogP contribution in [0.25, 0.3) is 0 Å². The molecule has 2 rings (SSSR count). The minimum atomic E-state index is -2.02. The number of hydrogen-bond acceptors (Lipinski definition) is 2. The Balaban J connectivity index is 2.13. The summed E-state index contributed by atoms with van der Waals surface area (Å²) >= 11 is 0. The summed E-state index contributed by atoms with van der Waals surface area (Å²) in [4.78, 5) is 11.9. The lowest BCUT2D eigenvalue weighted by Gasteiger charge is -2.38. The second-order valence-electron chi connectivity index (χ2n) is 5.95. The second-order valence-corrected chi connectivity index (χ2v) is 5.95. The molecule has 1 aliphatic carbocycles. The maximum atomic E-state index is 13.5. The van der Waals surface area contributed by atoms with E-state index in [2.05, 4.69) is 5.32 Å². The highest BCUT2D eigenvalue weighted by Gasteiger charge is 2.36. The number of amides is 1. The van der Waals surface area contributed by atoms with Crippen LogP contribution >= 0.6 is 0 Å². The van der Waals surface area contributed by atoms with E-state index in [0.717, 1.165) is 12.8 Å². The highest BCUT2D eigenvalue weighted by Crippen LogP contribution is 2.35. The van der Waals surface area contributed by atoms with E-state index < -0.39 is 46.3 Å². The van der Waals surface area contributed by atoms with Crippen molar-refractivity contribution < 1.29 is 27.5 Å². The molecule has 1 fully saturated rings.